The number of nitrogens with zero attached hydrogens (tertiary/aromatic N) is 1. The highest BCUT2D eigenvalue weighted by Gasteiger charge is 2.20. The molecule has 0 unspecified atom stereocenters. The van der Waals surface area contributed by atoms with Crippen LogP contribution in [0.15, 0.2) is 29.1 Å². The molecule has 1 aromatic carbocycles. The third-order valence-electron chi connectivity index (χ3n) is 3.71. The number of carboxylic acids is 1. The summed E-state index contributed by atoms with van der Waals surface area (Å²) in [5.41, 5.74) is 0.618. The summed E-state index contributed by atoms with van der Waals surface area (Å²) in [7, 11) is 0. The van der Waals surface area contributed by atoms with Crippen LogP contribution in [-0.2, 0) is 11.3 Å². The van der Waals surface area contributed by atoms with E-state index in [9.17, 15) is 14.7 Å². The molecule has 1 aliphatic rings. The van der Waals surface area contributed by atoms with Crippen LogP contribution in [0.1, 0.15) is 16.1 Å². The topological polar surface area (TPSA) is 82.6 Å². The number of fused-ring (bicyclic) bond motifs is 1. The summed E-state index contributed by atoms with van der Waals surface area (Å²) in [5.74, 6) is -1.11. The first-order chi connectivity index (χ1) is 10.2. The van der Waals surface area contributed by atoms with Crippen LogP contribution in [0.2, 0.25) is 0 Å². The number of para-hydroxylation sites is 1. The van der Waals surface area contributed by atoms with Crippen molar-refractivity contribution in [2.45, 2.75) is 6.54 Å². The highest BCUT2D eigenvalue weighted by Crippen LogP contribution is 2.14. The maximum Gasteiger partial charge on any atom is 0.352 e. The third kappa shape index (κ3) is 2.68. The number of benzene rings is 1. The largest absolute Gasteiger partial charge is 0.477 e. The number of pyridine rings is 1. The Morgan fingerprint density at radius 2 is 2.00 bits per heavy atom. The monoisotopic (exact) mass is 288 g/mol. The fraction of sp³-hybridized carbons (Fsp3) is 0.333. The Hall–Kier alpha value is -2.18. The minimum absolute atomic E-state index is 0.0230. The molecule has 3 rings (SSSR count). The second kappa shape index (κ2) is 5.67. The molecule has 110 valence electrons. The molecule has 0 amide bonds. The number of H-pyrrole nitrogens is 1. The van der Waals surface area contributed by atoms with E-state index in [1.54, 1.807) is 24.3 Å². The summed E-state index contributed by atoms with van der Waals surface area (Å²) in [5, 5.41) is 9.88. The summed E-state index contributed by atoms with van der Waals surface area (Å²) < 4.78 is 5.27. The number of ether oxygens (including phenoxy) is 1. The molecule has 6 heteroatoms. The Kier molecular flexibility index (Phi) is 3.72. The number of aromatic amines is 1. The molecule has 1 saturated heterocycles. The van der Waals surface area contributed by atoms with Gasteiger partial charge in [0.25, 0.3) is 0 Å². The first kappa shape index (κ1) is 13.8. The number of rotatable bonds is 3. The van der Waals surface area contributed by atoms with Crippen molar-refractivity contribution in [3.63, 3.8) is 0 Å². The molecule has 1 aromatic heterocycles. The summed E-state index contributed by atoms with van der Waals surface area (Å²) in [6.45, 7) is 2.93. The molecule has 2 heterocycles. The van der Waals surface area contributed by atoms with E-state index in [0.29, 0.717) is 49.3 Å². The van der Waals surface area contributed by atoms with Crippen LogP contribution in [0.4, 0.5) is 0 Å². The molecule has 6 nitrogen and oxygen atoms in total. The Morgan fingerprint density at radius 1 is 1.29 bits per heavy atom. The fourth-order valence-corrected chi connectivity index (χ4v) is 2.59. The first-order valence-corrected chi connectivity index (χ1v) is 6.84. The maximum atomic E-state index is 12.6. The van der Waals surface area contributed by atoms with Gasteiger partial charge in [0.2, 0.25) is 0 Å². The van der Waals surface area contributed by atoms with Crippen LogP contribution in [-0.4, -0.2) is 47.3 Å². The van der Waals surface area contributed by atoms with Gasteiger partial charge in [0.1, 0.15) is 5.69 Å². The van der Waals surface area contributed by atoms with Crippen molar-refractivity contribution in [3.05, 3.63) is 45.7 Å². The molecule has 0 radical (unpaired) electrons. The van der Waals surface area contributed by atoms with E-state index in [1.165, 1.54) is 0 Å². The van der Waals surface area contributed by atoms with Gasteiger partial charge in [-0.3, -0.25) is 9.69 Å². The smallest absolute Gasteiger partial charge is 0.352 e. The Morgan fingerprint density at radius 3 is 2.71 bits per heavy atom. The molecule has 21 heavy (non-hydrogen) atoms. The molecule has 2 N–H and O–H groups in total. The summed E-state index contributed by atoms with van der Waals surface area (Å²) in [6, 6.07) is 6.96. The first-order valence-electron chi connectivity index (χ1n) is 6.84. The van der Waals surface area contributed by atoms with Crippen molar-refractivity contribution in [2.24, 2.45) is 0 Å². The number of hydrogen-bond donors (Lipinski definition) is 2. The number of morpholine rings is 1. The van der Waals surface area contributed by atoms with Crippen molar-refractivity contribution >= 4 is 16.9 Å². The van der Waals surface area contributed by atoms with Gasteiger partial charge in [0.15, 0.2) is 5.43 Å². The molecule has 0 atom stereocenters. The van der Waals surface area contributed by atoms with Gasteiger partial charge < -0.3 is 14.8 Å². The average Bonchev–Trinajstić information content (AvgIpc) is 2.51. The Bertz CT molecular complexity index is 732. The van der Waals surface area contributed by atoms with E-state index >= 15 is 0 Å². The van der Waals surface area contributed by atoms with Gasteiger partial charge >= 0.3 is 5.97 Å². The van der Waals surface area contributed by atoms with E-state index in [2.05, 4.69) is 4.98 Å². The lowest BCUT2D eigenvalue weighted by Gasteiger charge is -2.26. The third-order valence-corrected chi connectivity index (χ3v) is 3.71. The maximum absolute atomic E-state index is 12.6. The quantitative estimate of drug-likeness (QED) is 0.882. The number of hydrogen-bond acceptors (Lipinski definition) is 4. The van der Waals surface area contributed by atoms with Gasteiger partial charge in [0.05, 0.1) is 13.2 Å². The zero-order valence-corrected chi connectivity index (χ0v) is 11.5. The van der Waals surface area contributed by atoms with Crippen LogP contribution in [0, 0.1) is 0 Å². The normalized spacial score (nSPS) is 16.2. The van der Waals surface area contributed by atoms with Crippen molar-refractivity contribution in [1.82, 2.24) is 9.88 Å². The van der Waals surface area contributed by atoms with Crippen molar-refractivity contribution < 1.29 is 14.6 Å². The lowest BCUT2D eigenvalue weighted by atomic mass is 10.1. The average molecular weight is 288 g/mol. The number of carboxylic acid groups (broad SMARTS) is 1. The van der Waals surface area contributed by atoms with Crippen LogP contribution >= 0.6 is 0 Å². The summed E-state index contributed by atoms with van der Waals surface area (Å²) in [4.78, 5) is 28.9. The highest BCUT2D eigenvalue weighted by atomic mass is 16.5. The SMILES string of the molecule is O=C(O)c1[nH]c2ccccc2c(=O)c1CN1CCOCC1. The molecule has 2 aromatic rings. The molecule has 0 bridgehead atoms. The van der Waals surface area contributed by atoms with Gasteiger partial charge in [-0.05, 0) is 12.1 Å². The standard InChI is InChI=1S/C15H16N2O4/c18-14-10-3-1-2-4-12(10)16-13(15(19)20)11(14)9-17-5-7-21-8-6-17/h1-4H,5-9H2,(H,16,18)(H,19,20). The van der Waals surface area contributed by atoms with Crippen molar-refractivity contribution in [3.8, 4) is 0 Å². The van der Waals surface area contributed by atoms with Crippen molar-refractivity contribution in [2.75, 3.05) is 26.3 Å². The molecule has 1 aliphatic heterocycles. The number of nitrogens with one attached hydrogen (secondary N) is 1. The van der Waals surface area contributed by atoms with E-state index in [-0.39, 0.29) is 11.1 Å². The van der Waals surface area contributed by atoms with Gasteiger partial charge in [-0.1, -0.05) is 12.1 Å². The summed E-state index contributed by atoms with van der Waals surface area (Å²) >= 11 is 0. The Labute approximate surface area is 121 Å². The predicted octanol–water partition coefficient (Wildman–Crippen LogP) is 1.06. The number of aromatic nitrogens is 1. The second-order valence-corrected chi connectivity index (χ2v) is 5.05. The van der Waals surface area contributed by atoms with Crippen LogP contribution in [0.25, 0.3) is 10.9 Å². The molecule has 0 aliphatic carbocycles. The van der Waals surface area contributed by atoms with Gasteiger partial charge in [-0.15, -0.1) is 0 Å². The molecule has 0 saturated carbocycles. The van der Waals surface area contributed by atoms with E-state index < -0.39 is 5.97 Å². The Balaban J connectivity index is 2.10. The predicted molar refractivity (Wildman–Crippen MR) is 77.6 cm³/mol. The van der Waals surface area contributed by atoms with E-state index in [1.807, 2.05) is 4.90 Å². The summed E-state index contributed by atoms with van der Waals surface area (Å²) in [6.07, 6.45) is 0. The van der Waals surface area contributed by atoms with Crippen molar-refractivity contribution in [1.29, 1.82) is 0 Å². The van der Waals surface area contributed by atoms with E-state index in [0.717, 1.165) is 0 Å². The zero-order chi connectivity index (χ0) is 14.8. The van der Waals surface area contributed by atoms with Gasteiger partial charge in [-0.25, -0.2) is 4.79 Å². The molecular formula is C15H16N2O4. The minimum atomic E-state index is -1.11. The lowest BCUT2D eigenvalue weighted by Crippen LogP contribution is -2.37. The lowest BCUT2D eigenvalue weighted by molar-refractivity contribution is 0.0337. The number of carbonyl (C=O) groups is 1. The van der Waals surface area contributed by atoms with Crippen LogP contribution in [0.5, 0.6) is 0 Å². The van der Waals surface area contributed by atoms with Crippen LogP contribution < -0.4 is 5.43 Å². The molecule has 0 spiro atoms. The fourth-order valence-electron chi connectivity index (χ4n) is 2.59. The van der Waals surface area contributed by atoms with Crippen LogP contribution in [0.3, 0.4) is 0 Å². The molecular weight excluding hydrogens is 272 g/mol. The number of aromatic carboxylic acids is 1. The van der Waals surface area contributed by atoms with Gasteiger partial charge in [-0.2, -0.15) is 0 Å². The molecule has 1 fully saturated rings. The van der Waals surface area contributed by atoms with Gasteiger partial charge in [0, 0.05) is 36.1 Å². The zero-order valence-electron chi connectivity index (χ0n) is 11.5. The van der Waals surface area contributed by atoms with E-state index in [4.69, 9.17) is 4.74 Å². The second-order valence-electron chi connectivity index (χ2n) is 5.05. The highest BCUT2D eigenvalue weighted by molar-refractivity contribution is 5.91. The minimum Gasteiger partial charge on any atom is -0.477 e.